The van der Waals surface area contributed by atoms with Crippen LogP contribution in [-0.2, 0) is 6.54 Å². The molecule has 0 fully saturated rings. The Kier molecular flexibility index (Phi) is 5.79. The standard InChI is InChI=1S/C30H25F2N5O/c1-19-10-15-23(17-26(19)32)33-30(38)36-18-25-20(2)34-37(24-7-4-3-5-8-24)29(25)35-16-6-9-27(35)28(36)21-11-13-22(31)14-12-21/h3-17,28H,18H2,1-2H3,(H,33,38). The molecule has 0 bridgehead atoms. The molecular formula is C30H25F2N5O. The van der Waals surface area contributed by atoms with E-state index in [1.54, 1.807) is 36.1 Å². The van der Waals surface area contributed by atoms with Crippen LogP contribution in [0, 0.1) is 25.5 Å². The number of amides is 2. The second-order valence-electron chi connectivity index (χ2n) is 9.41. The van der Waals surface area contributed by atoms with Gasteiger partial charge in [0.25, 0.3) is 0 Å². The van der Waals surface area contributed by atoms with Crippen molar-refractivity contribution < 1.29 is 13.6 Å². The molecule has 3 aromatic carbocycles. The van der Waals surface area contributed by atoms with Gasteiger partial charge >= 0.3 is 6.03 Å². The maximum atomic E-state index is 14.3. The minimum absolute atomic E-state index is 0.234. The minimum Gasteiger partial charge on any atom is -0.308 e. The molecule has 38 heavy (non-hydrogen) atoms. The zero-order valence-corrected chi connectivity index (χ0v) is 20.9. The van der Waals surface area contributed by atoms with Gasteiger partial charge in [-0.2, -0.15) is 5.10 Å². The Labute approximate surface area is 218 Å². The van der Waals surface area contributed by atoms with Gasteiger partial charge in [0.15, 0.2) is 0 Å². The second kappa shape index (κ2) is 9.30. The SMILES string of the molecule is Cc1ccc(NC(=O)N2Cc3c(C)nn(-c4ccccc4)c3-n3cccc3C2c2ccc(F)cc2)cc1F. The van der Waals surface area contributed by atoms with E-state index in [2.05, 4.69) is 5.32 Å². The van der Waals surface area contributed by atoms with Crippen LogP contribution >= 0.6 is 0 Å². The monoisotopic (exact) mass is 509 g/mol. The van der Waals surface area contributed by atoms with Gasteiger partial charge in [0.05, 0.1) is 29.7 Å². The van der Waals surface area contributed by atoms with Crippen LogP contribution in [-0.4, -0.2) is 25.3 Å². The molecule has 1 atom stereocenters. The van der Waals surface area contributed by atoms with Crippen LogP contribution in [0.4, 0.5) is 19.3 Å². The number of anilines is 1. The van der Waals surface area contributed by atoms with Crippen LogP contribution in [0.5, 0.6) is 0 Å². The molecule has 0 aliphatic carbocycles. The van der Waals surface area contributed by atoms with E-state index < -0.39 is 17.9 Å². The number of rotatable bonds is 3. The Bertz CT molecular complexity index is 1640. The maximum Gasteiger partial charge on any atom is 0.322 e. The molecule has 0 spiro atoms. The van der Waals surface area contributed by atoms with Crippen molar-refractivity contribution in [2.75, 3.05) is 5.32 Å². The molecule has 1 unspecified atom stereocenters. The van der Waals surface area contributed by atoms with Crippen LogP contribution in [0.2, 0.25) is 0 Å². The number of aryl methyl sites for hydroxylation is 2. The lowest BCUT2D eigenvalue weighted by Gasteiger charge is -2.31. The average Bonchev–Trinajstić information content (AvgIpc) is 3.48. The first kappa shape index (κ1) is 23.7. The van der Waals surface area contributed by atoms with E-state index in [1.165, 1.54) is 18.2 Å². The molecule has 3 heterocycles. The summed E-state index contributed by atoms with van der Waals surface area (Å²) in [5, 5.41) is 7.70. The summed E-state index contributed by atoms with van der Waals surface area (Å²) in [6, 6.07) is 23.5. The Morgan fingerprint density at radius 2 is 1.71 bits per heavy atom. The maximum absolute atomic E-state index is 14.3. The van der Waals surface area contributed by atoms with Gasteiger partial charge in [-0.25, -0.2) is 18.3 Å². The molecule has 6 nitrogen and oxygen atoms in total. The Balaban J connectivity index is 1.52. The average molecular weight is 510 g/mol. The van der Waals surface area contributed by atoms with Crippen LogP contribution < -0.4 is 5.32 Å². The van der Waals surface area contributed by atoms with Crippen LogP contribution in [0.3, 0.4) is 0 Å². The third kappa shape index (κ3) is 4.04. The van der Waals surface area contributed by atoms with Crippen molar-refractivity contribution in [1.29, 1.82) is 0 Å². The fourth-order valence-corrected chi connectivity index (χ4v) is 5.01. The van der Waals surface area contributed by atoms with E-state index in [0.29, 0.717) is 11.3 Å². The summed E-state index contributed by atoms with van der Waals surface area (Å²) in [6.07, 6.45) is 1.95. The number of hydrogen-bond donors (Lipinski definition) is 1. The fraction of sp³-hybridized carbons (Fsp3) is 0.133. The van der Waals surface area contributed by atoms with E-state index >= 15 is 0 Å². The van der Waals surface area contributed by atoms with Crippen molar-refractivity contribution >= 4 is 11.7 Å². The summed E-state index contributed by atoms with van der Waals surface area (Å²) in [5.41, 5.74) is 4.96. The molecule has 6 rings (SSSR count). The predicted molar refractivity (Wildman–Crippen MR) is 142 cm³/mol. The number of benzene rings is 3. The van der Waals surface area contributed by atoms with Gasteiger partial charge in [-0.15, -0.1) is 0 Å². The zero-order valence-electron chi connectivity index (χ0n) is 20.9. The summed E-state index contributed by atoms with van der Waals surface area (Å²) in [6.45, 7) is 3.83. The quantitative estimate of drug-likeness (QED) is 0.294. The lowest BCUT2D eigenvalue weighted by molar-refractivity contribution is 0.194. The molecule has 1 aliphatic rings. The molecule has 8 heteroatoms. The second-order valence-corrected chi connectivity index (χ2v) is 9.41. The van der Waals surface area contributed by atoms with Gasteiger partial charge in [-0.1, -0.05) is 36.4 Å². The Morgan fingerprint density at radius 1 is 0.947 bits per heavy atom. The summed E-state index contributed by atoms with van der Waals surface area (Å²) < 4.78 is 32.1. The number of urea groups is 1. The normalized spacial score (nSPS) is 14.5. The number of halogens is 2. The summed E-state index contributed by atoms with van der Waals surface area (Å²) in [7, 11) is 0. The van der Waals surface area contributed by atoms with E-state index in [9.17, 15) is 13.6 Å². The van der Waals surface area contributed by atoms with E-state index in [0.717, 1.165) is 34.0 Å². The molecule has 0 radical (unpaired) electrons. The van der Waals surface area contributed by atoms with Gasteiger partial charge in [-0.05, 0) is 73.5 Å². The first-order valence-corrected chi connectivity index (χ1v) is 12.3. The first-order chi connectivity index (χ1) is 18.4. The lowest BCUT2D eigenvalue weighted by Crippen LogP contribution is -2.38. The van der Waals surface area contributed by atoms with Crippen LogP contribution in [0.15, 0.2) is 91.1 Å². The summed E-state index contributed by atoms with van der Waals surface area (Å²) in [5.74, 6) is 0.0742. The van der Waals surface area contributed by atoms with Gasteiger partial charge in [0, 0.05) is 17.4 Å². The van der Waals surface area contributed by atoms with Crippen molar-refractivity contribution in [3.05, 3.63) is 131 Å². The van der Waals surface area contributed by atoms with Crippen molar-refractivity contribution in [3.8, 4) is 11.5 Å². The summed E-state index contributed by atoms with van der Waals surface area (Å²) >= 11 is 0. The van der Waals surface area contributed by atoms with Crippen molar-refractivity contribution in [1.82, 2.24) is 19.2 Å². The molecule has 190 valence electrons. The smallest absolute Gasteiger partial charge is 0.308 e. The number of aromatic nitrogens is 3. The topological polar surface area (TPSA) is 55.1 Å². The van der Waals surface area contributed by atoms with E-state index in [1.807, 2.05) is 64.8 Å². The van der Waals surface area contributed by atoms with Crippen LogP contribution in [0.25, 0.3) is 11.5 Å². The number of para-hydroxylation sites is 1. The molecule has 1 N–H and O–H groups in total. The first-order valence-electron chi connectivity index (χ1n) is 12.3. The van der Waals surface area contributed by atoms with Gasteiger partial charge < -0.3 is 14.8 Å². The zero-order chi connectivity index (χ0) is 26.4. The molecular weight excluding hydrogens is 484 g/mol. The Morgan fingerprint density at radius 3 is 2.45 bits per heavy atom. The highest BCUT2D eigenvalue weighted by Crippen LogP contribution is 2.38. The van der Waals surface area contributed by atoms with E-state index in [4.69, 9.17) is 5.10 Å². The van der Waals surface area contributed by atoms with Gasteiger partial charge in [-0.3, -0.25) is 0 Å². The largest absolute Gasteiger partial charge is 0.322 e. The molecule has 5 aromatic rings. The van der Waals surface area contributed by atoms with Crippen LogP contribution in [0.1, 0.15) is 34.1 Å². The van der Waals surface area contributed by atoms with Gasteiger partial charge in [0.2, 0.25) is 0 Å². The molecule has 2 amide bonds. The molecule has 2 aromatic heterocycles. The number of carbonyl (C=O) groups excluding carboxylic acids is 1. The van der Waals surface area contributed by atoms with Gasteiger partial charge in [0.1, 0.15) is 17.5 Å². The Hall–Kier alpha value is -4.72. The molecule has 0 saturated carbocycles. The van der Waals surface area contributed by atoms with Crippen molar-refractivity contribution in [2.24, 2.45) is 0 Å². The number of hydrogen-bond acceptors (Lipinski definition) is 2. The summed E-state index contributed by atoms with van der Waals surface area (Å²) in [4.78, 5) is 15.6. The van der Waals surface area contributed by atoms with Crippen molar-refractivity contribution in [2.45, 2.75) is 26.4 Å². The fourth-order valence-electron chi connectivity index (χ4n) is 5.01. The molecule has 0 saturated heterocycles. The number of nitrogens with one attached hydrogen (secondary N) is 1. The number of fused-ring (bicyclic) bond motifs is 3. The predicted octanol–water partition coefficient (Wildman–Crippen LogP) is 6.70. The number of carbonyl (C=O) groups is 1. The molecule has 1 aliphatic heterocycles. The minimum atomic E-state index is -0.545. The highest BCUT2D eigenvalue weighted by molar-refractivity contribution is 5.90. The lowest BCUT2D eigenvalue weighted by atomic mass is 10.0. The third-order valence-corrected chi connectivity index (χ3v) is 6.96. The van der Waals surface area contributed by atoms with E-state index in [-0.39, 0.29) is 12.4 Å². The number of nitrogens with zero attached hydrogens (tertiary/aromatic N) is 4. The highest BCUT2D eigenvalue weighted by atomic mass is 19.1. The van der Waals surface area contributed by atoms with Crippen molar-refractivity contribution in [3.63, 3.8) is 0 Å². The third-order valence-electron chi connectivity index (χ3n) is 6.96. The highest BCUT2D eigenvalue weighted by Gasteiger charge is 2.36.